The van der Waals surface area contributed by atoms with Crippen LogP contribution in [0.25, 0.3) is 6.08 Å². The Hall–Kier alpha value is -2.95. The minimum atomic E-state index is -0.669. The van der Waals surface area contributed by atoms with Gasteiger partial charge in [-0.1, -0.05) is 24.3 Å². The molecule has 0 aromatic heterocycles. The molecule has 1 N–H and O–H groups in total. The average molecular weight is 297 g/mol. The van der Waals surface area contributed by atoms with Gasteiger partial charge in [-0.05, 0) is 48.7 Å². The van der Waals surface area contributed by atoms with Crippen LogP contribution in [0, 0.1) is 24.0 Å². The standard InChI is InChI=1S/C17H15NO4/c1-11-3-6-14(9-12(11)2)16(19)7-4-13-5-8-17(20)15(10-13)18(21)22/h3-10,20H,1-2H3. The number of carbonyl (C=O) groups excluding carboxylic acids is 1. The molecule has 112 valence electrons. The van der Waals surface area contributed by atoms with Gasteiger partial charge in [-0.15, -0.1) is 0 Å². The van der Waals surface area contributed by atoms with Crippen LogP contribution in [0.15, 0.2) is 42.5 Å². The molecule has 0 unspecified atom stereocenters. The van der Waals surface area contributed by atoms with Gasteiger partial charge in [-0.25, -0.2) is 0 Å². The fourth-order valence-corrected chi connectivity index (χ4v) is 1.95. The summed E-state index contributed by atoms with van der Waals surface area (Å²) in [5, 5.41) is 20.1. The van der Waals surface area contributed by atoms with E-state index in [0.717, 1.165) is 11.1 Å². The topological polar surface area (TPSA) is 80.4 Å². The summed E-state index contributed by atoms with van der Waals surface area (Å²) in [5.41, 5.74) is 2.78. The maximum absolute atomic E-state index is 12.1. The van der Waals surface area contributed by atoms with Crippen molar-refractivity contribution < 1.29 is 14.8 Å². The highest BCUT2D eigenvalue weighted by Crippen LogP contribution is 2.26. The Kier molecular flexibility index (Phi) is 4.36. The lowest BCUT2D eigenvalue weighted by Crippen LogP contribution is -1.96. The molecular formula is C17H15NO4. The molecule has 0 heterocycles. The number of nitro benzene ring substituents is 1. The molecule has 0 saturated carbocycles. The Morgan fingerprint density at radius 3 is 2.50 bits per heavy atom. The number of nitrogens with zero attached hydrogens (tertiary/aromatic N) is 1. The third-order valence-corrected chi connectivity index (χ3v) is 3.41. The number of hydrogen-bond acceptors (Lipinski definition) is 4. The van der Waals surface area contributed by atoms with Crippen molar-refractivity contribution in [3.63, 3.8) is 0 Å². The molecule has 5 nitrogen and oxygen atoms in total. The Morgan fingerprint density at radius 2 is 1.86 bits per heavy atom. The first-order valence-electron chi connectivity index (χ1n) is 6.65. The second-order valence-electron chi connectivity index (χ2n) is 5.00. The van der Waals surface area contributed by atoms with E-state index in [9.17, 15) is 20.0 Å². The van der Waals surface area contributed by atoms with Crippen LogP contribution in [0.1, 0.15) is 27.0 Å². The van der Waals surface area contributed by atoms with Crippen molar-refractivity contribution >= 4 is 17.5 Å². The van der Waals surface area contributed by atoms with Crippen LogP contribution in [-0.2, 0) is 0 Å². The summed E-state index contributed by atoms with van der Waals surface area (Å²) in [7, 11) is 0. The number of rotatable bonds is 4. The lowest BCUT2D eigenvalue weighted by Gasteiger charge is -2.02. The summed E-state index contributed by atoms with van der Waals surface area (Å²) in [6.07, 6.45) is 2.85. The van der Waals surface area contributed by atoms with Gasteiger partial charge in [-0.2, -0.15) is 0 Å². The summed E-state index contributed by atoms with van der Waals surface area (Å²) in [6.45, 7) is 3.90. The lowest BCUT2D eigenvalue weighted by atomic mass is 10.0. The van der Waals surface area contributed by atoms with Crippen molar-refractivity contribution in [1.29, 1.82) is 0 Å². The molecule has 2 aromatic carbocycles. The first-order chi connectivity index (χ1) is 10.4. The Labute approximate surface area is 127 Å². The van der Waals surface area contributed by atoms with Gasteiger partial charge in [0.25, 0.3) is 0 Å². The van der Waals surface area contributed by atoms with E-state index in [4.69, 9.17) is 0 Å². The normalized spacial score (nSPS) is 10.8. The molecule has 0 aliphatic heterocycles. The number of hydrogen-bond donors (Lipinski definition) is 1. The third-order valence-electron chi connectivity index (χ3n) is 3.41. The van der Waals surface area contributed by atoms with E-state index in [2.05, 4.69) is 0 Å². The zero-order valence-corrected chi connectivity index (χ0v) is 12.2. The quantitative estimate of drug-likeness (QED) is 0.402. The Balaban J connectivity index is 2.24. The summed E-state index contributed by atoms with van der Waals surface area (Å²) in [5.74, 6) is -0.582. The van der Waals surface area contributed by atoms with Crippen molar-refractivity contribution in [2.75, 3.05) is 0 Å². The summed E-state index contributed by atoms with van der Waals surface area (Å²) >= 11 is 0. The Bertz CT molecular complexity index is 778. The molecule has 2 rings (SSSR count). The van der Waals surface area contributed by atoms with Crippen molar-refractivity contribution in [2.24, 2.45) is 0 Å². The monoisotopic (exact) mass is 297 g/mol. The fraction of sp³-hybridized carbons (Fsp3) is 0.118. The first kappa shape index (κ1) is 15.4. The van der Waals surface area contributed by atoms with E-state index in [1.807, 2.05) is 19.9 Å². The van der Waals surface area contributed by atoms with Gasteiger partial charge in [0, 0.05) is 11.6 Å². The molecule has 0 aliphatic rings. The highest BCUT2D eigenvalue weighted by Gasteiger charge is 2.12. The lowest BCUT2D eigenvalue weighted by molar-refractivity contribution is -0.385. The minimum absolute atomic E-state index is 0.182. The molecule has 0 aliphatic carbocycles. The van der Waals surface area contributed by atoms with Crippen LogP contribution in [0.2, 0.25) is 0 Å². The van der Waals surface area contributed by atoms with E-state index >= 15 is 0 Å². The van der Waals surface area contributed by atoms with Crippen LogP contribution in [-0.4, -0.2) is 15.8 Å². The number of ketones is 1. The first-order valence-corrected chi connectivity index (χ1v) is 6.65. The zero-order valence-electron chi connectivity index (χ0n) is 12.2. The van der Waals surface area contributed by atoms with Crippen molar-refractivity contribution in [3.05, 3.63) is 74.8 Å². The maximum Gasteiger partial charge on any atom is 0.311 e. The smallest absolute Gasteiger partial charge is 0.311 e. The molecule has 0 radical (unpaired) electrons. The van der Waals surface area contributed by atoms with E-state index in [-0.39, 0.29) is 11.5 Å². The molecule has 0 fully saturated rings. The van der Waals surface area contributed by atoms with Gasteiger partial charge in [-0.3, -0.25) is 14.9 Å². The van der Waals surface area contributed by atoms with Crippen LogP contribution in [0.4, 0.5) is 5.69 Å². The SMILES string of the molecule is Cc1ccc(C(=O)C=Cc2ccc(O)c([N+](=O)[O-])c2)cc1C. The number of phenols is 1. The number of carbonyl (C=O) groups is 1. The molecule has 0 bridgehead atoms. The van der Waals surface area contributed by atoms with Gasteiger partial charge in [0.05, 0.1) is 4.92 Å². The van der Waals surface area contributed by atoms with Crippen molar-refractivity contribution in [3.8, 4) is 5.75 Å². The molecule has 0 atom stereocenters. The van der Waals surface area contributed by atoms with Gasteiger partial charge in [0.1, 0.15) is 0 Å². The second-order valence-corrected chi connectivity index (χ2v) is 5.00. The number of phenolic OH excluding ortho intramolecular Hbond substituents is 1. The maximum atomic E-state index is 12.1. The van der Waals surface area contributed by atoms with E-state index < -0.39 is 10.7 Å². The number of aromatic hydroxyl groups is 1. The van der Waals surface area contributed by atoms with Crippen molar-refractivity contribution in [1.82, 2.24) is 0 Å². The number of aryl methyl sites for hydroxylation is 2. The highest BCUT2D eigenvalue weighted by molar-refractivity contribution is 6.07. The molecule has 0 amide bonds. The van der Waals surface area contributed by atoms with Crippen molar-refractivity contribution in [2.45, 2.75) is 13.8 Å². The second kappa shape index (κ2) is 6.22. The van der Waals surface area contributed by atoms with E-state index in [1.165, 1.54) is 30.4 Å². The number of allylic oxidation sites excluding steroid dienone is 1. The average Bonchev–Trinajstić information content (AvgIpc) is 2.48. The van der Waals surface area contributed by atoms with Gasteiger partial charge >= 0.3 is 5.69 Å². The molecule has 22 heavy (non-hydrogen) atoms. The van der Waals surface area contributed by atoms with Crippen LogP contribution < -0.4 is 0 Å². The predicted octanol–water partition coefficient (Wildman–Crippen LogP) is 3.81. The summed E-state index contributed by atoms with van der Waals surface area (Å²) in [6, 6.07) is 9.39. The molecule has 0 spiro atoms. The fourth-order valence-electron chi connectivity index (χ4n) is 1.95. The predicted molar refractivity (Wildman–Crippen MR) is 84.0 cm³/mol. The Morgan fingerprint density at radius 1 is 1.14 bits per heavy atom. The summed E-state index contributed by atoms with van der Waals surface area (Å²) in [4.78, 5) is 22.2. The largest absolute Gasteiger partial charge is 0.502 e. The molecular weight excluding hydrogens is 282 g/mol. The highest BCUT2D eigenvalue weighted by atomic mass is 16.6. The van der Waals surface area contributed by atoms with Crippen LogP contribution in [0.5, 0.6) is 5.75 Å². The number of benzene rings is 2. The minimum Gasteiger partial charge on any atom is -0.502 e. The third kappa shape index (κ3) is 3.38. The van der Waals surface area contributed by atoms with Crippen LogP contribution in [0.3, 0.4) is 0 Å². The molecule has 0 saturated heterocycles. The van der Waals surface area contributed by atoms with Gasteiger partial charge in [0.2, 0.25) is 0 Å². The molecule has 5 heteroatoms. The molecule has 2 aromatic rings. The zero-order chi connectivity index (χ0) is 16.3. The van der Waals surface area contributed by atoms with Gasteiger partial charge in [0.15, 0.2) is 11.5 Å². The van der Waals surface area contributed by atoms with Crippen LogP contribution >= 0.6 is 0 Å². The van der Waals surface area contributed by atoms with Gasteiger partial charge < -0.3 is 5.11 Å². The van der Waals surface area contributed by atoms with E-state index in [0.29, 0.717) is 11.1 Å². The van der Waals surface area contributed by atoms with E-state index in [1.54, 1.807) is 12.1 Å². The number of nitro groups is 1. The summed E-state index contributed by atoms with van der Waals surface area (Å²) < 4.78 is 0.